The molecule has 3 heteroatoms. The Kier molecular flexibility index (Phi) is 6.18. The van der Waals surface area contributed by atoms with Crippen LogP contribution in [0.5, 0.6) is 5.75 Å². The quantitative estimate of drug-likeness (QED) is 0.826. The number of rotatable bonds is 6. The Bertz CT molecular complexity index is 415. The van der Waals surface area contributed by atoms with Crippen LogP contribution in [0.3, 0.4) is 0 Å². The van der Waals surface area contributed by atoms with E-state index in [-0.39, 0.29) is 0 Å². The molecule has 1 saturated carbocycles. The fourth-order valence-electron chi connectivity index (χ4n) is 3.36. The Hall–Kier alpha value is -0.730. The van der Waals surface area contributed by atoms with Gasteiger partial charge in [0.25, 0.3) is 0 Å². The smallest absolute Gasteiger partial charge is 0.122 e. The molecule has 1 unspecified atom stereocenters. The molecule has 1 aromatic carbocycles. The van der Waals surface area contributed by atoms with Gasteiger partial charge in [0.2, 0.25) is 0 Å². The van der Waals surface area contributed by atoms with Crippen molar-refractivity contribution in [2.45, 2.75) is 44.9 Å². The van der Waals surface area contributed by atoms with Gasteiger partial charge in [0.1, 0.15) is 5.75 Å². The highest BCUT2D eigenvalue weighted by molar-refractivity contribution is 6.30. The minimum atomic E-state index is 0.504. The molecule has 1 N–H and O–H groups in total. The molecule has 2 rings (SSSR count). The molecule has 0 bridgehead atoms. The summed E-state index contributed by atoms with van der Waals surface area (Å²) in [5.74, 6) is 2.22. The van der Waals surface area contributed by atoms with Crippen LogP contribution < -0.4 is 10.1 Å². The van der Waals surface area contributed by atoms with Crippen LogP contribution in [0.25, 0.3) is 0 Å². The van der Waals surface area contributed by atoms with Gasteiger partial charge in [-0.15, -0.1) is 0 Å². The molecule has 0 saturated heterocycles. The number of benzene rings is 1. The fraction of sp³-hybridized carbons (Fsp3) is 0.647. The maximum absolute atomic E-state index is 6.21. The minimum absolute atomic E-state index is 0.504. The first kappa shape index (κ1) is 15.7. The average molecular weight is 296 g/mol. The van der Waals surface area contributed by atoms with Gasteiger partial charge in [-0.3, -0.25) is 0 Å². The van der Waals surface area contributed by atoms with Gasteiger partial charge in [0.05, 0.1) is 7.11 Å². The van der Waals surface area contributed by atoms with E-state index >= 15 is 0 Å². The number of ether oxygens (including phenoxy) is 1. The van der Waals surface area contributed by atoms with Crippen LogP contribution in [0.15, 0.2) is 18.2 Å². The lowest BCUT2D eigenvalue weighted by Crippen LogP contribution is -2.28. The van der Waals surface area contributed by atoms with Crippen LogP contribution in [-0.4, -0.2) is 20.2 Å². The van der Waals surface area contributed by atoms with E-state index in [4.69, 9.17) is 16.3 Å². The van der Waals surface area contributed by atoms with Gasteiger partial charge in [-0.1, -0.05) is 37.8 Å². The molecule has 1 aromatic rings. The van der Waals surface area contributed by atoms with Gasteiger partial charge in [0.15, 0.2) is 0 Å². The number of halogens is 1. The molecule has 0 spiro atoms. The third-order valence-electron chi connectivity index (χ3n) is 4.42. The van der Waals surface area contributed by atoms with E-state index in [1.54, 1.807) is 7.11 Å². The molecular formula is C17H26ClNO. The van der Waals surface area contributed by atoms with Crippen molar-refractivity contribution in [2.24, 2.45) is 5.92 Å². The van der Waals surface area contributed by atoms with Gasteiger partial charge in [-0.2, -0.15) is 0 Å². The average Bonchev–Trinajstić information content (AvgIpc) is 2.49. The summed E-state index contributed by atoms with van der Waals surface area (Å²) in [5, 5.41) is 4.32. The molecule has 2 nitrogen and oxygen atoms in total. The Balaban J connectivity index is 2.26. The molecule has 0 amide bonds. The summed E-state index contributed by atoms with van der Waals surface area (Å²) < 4.78 is 5.57. The van der Waals surface area contributed by atoms with Crippen LogP contribution in [0.4, 0.5) is 0 Å². The standard InChI is InChI=1S/C17H26ClNO/c1-3-19-12-16(13-7-5-4-6-8-13)15-11-14(18)9-10-17(15)20-2/h9-11,13,16,19H,3-8,12H2,1-2H3. The highest BCUT2D eigenvalue weighted by atomic mass is 35.5. The Morgan fingerprint density at radius 3 is 2.70 bits per heavy atom. The number of methoxy groups -OCH3 is 1. The third kappa shape index (κ3) is 3.89. The van der Waals surface area contributed by atoms with Crippen molar-refractivity contribution in [1.82, 2.24) is 5.32 Å². The van der Waals surface area contributed by atoms with Crippen molar-refractivity contribution in [3.05, 3.63) is 28.8 Å². The maximum Gasteiger partial charge on any atom is 0.122 e. The van der Waals surface area contributed by atoms with E-state index in [1.807, 2.05) is 12.1 Å². The second kappa shape index (κ2) is 7.90. The van der Waals surface area contributed by atoms with Crippen LogP contribution in [0.1, 0.15) is 50.5 Å². The first-order valence-corrected chi connectivity index (χ1v) is 8.18. The molecule has 1 aliphatic carbocycles. The highest BCUT2D eigenvalue weighted by Gasteiger charge is 2.27. The summed E-state index contributed by atoms with van der Waals surface area (Å²) in [7, 11) is 1.75. The molecule has 112 valence electrons. The van der Waals surface area contributed by atoms with E-state index < -0.39 is 0 Å². The lowest BCUT2D eigenvalue weighted by molar-refractivity contribution is 0.291. The second-order valence-electron chi connectivity index (χ2n) is 5.70. The molecule has 1 aliphatic rings. The van der Waals surface area contributed by atoms with Gasteiger partial charge in [-0.25, -0.2) is 0 Å². The van der Waals surface area contributed by atoms with Gasteiger partial charge in [-0.05, 0) is 43.5 Å². The summed E-state index contributed by atoms with van der Waals surface area (Å²) in [5.41, 5.74) is 1.27. The third-order valence-corrected chi connectivity index (χ3v) is 4.66. The SMILES string of the molecule is CCNCC(c1cc(Cl)ccc1OC)C1CCCCC1. The van der Waals surface area contributed by atoms with Gasteiger partial charge < -0.3 is 10.1 Å². The van der Waals surface area contributed by atoms with E-state index in [0.717, 1.165) is 29.8 Å². The van der Waals surface area contributed by atoms with E-state index in [0.29, 0.717) is 5.92 Å². The van der Waals surface area contributed by atoms with Crippen molar-refractivity contribution in [3.63, 3.8) is 0 Å². The summed E-state index contributed by atoms with van der Waals surface area (Å²) in [4.78, 5) is 0. The topological polar surface area (TPSA) is 21.3 Å². The molecular weight excluding hydrogens is 270 g/mol. The maximum atomic E-state index is 6.21. The number of likely N-dealkylation sites (N-methyl/N-ethyl adjacent to an activating group) is 1. The molecule has 0 heterocycles. The molecule has 1 atom stereocenters. The fourth-order valence-corrected chi connectivity index (χ4v) is 3.54. The zero-order valence-corrected chi connectivity index (χ0v) is 13.4. The molecule has 0 aliphatic heterocycles. The van der Waals surface area contributed by atoms with E-state index in [1.165, 1.54) is 37.7 Å². The van der Waals surface area contributed by atoms with Crippen LogP contribution >= 0.6 is 11.6 Å². The predicted molar refractivity (Wildman–Crippen MR) is 85.9 cm³/mol. The van der Waals surface area contributed by atoms with Crippen molar-refractivity contribution in [1.29, 1.82) is 0 Å². The van der Waals surface area contributed by atoms with Crippen molar-refractivity contribution < 1.29 is 4.74 Å². The summed E-state index contributed by atoms with van der Waals surface area (Å²) in [6.45, 7) is 4.18. The number of hydrogen-bond donors (Lipinski definition) is 1. The molecule has 0 radical (unpaired) electrons. The second-order valence-corrected chi connectivity index (χ2v) is 6.13. The Morgan fingerprint density at radius 1 is 1.30 bits per heavy atom. The van der Waals surface area contributed by atoms with Crippen LogP contribution in [0.2, 0.25) is 5.02 Å². The molecule has 1 fully saturated rings. The highest BCUT2D eigenvalue weighted by Crippen LogP contribution is 2.40. The van der Waals surface area contributed by atoms with Crippen molar-refractivity contribution in [3.8, 4) is 5.75 Å². The summed E-state index contributed by atoms with van der Waals surface area (Å²) in [6.07, 6.45) is 6.75. The lowest BCUT2D eigenvalue weighted by atomic mass is 9.76. The molecule has 0 aromatic heterocycles. The Morgan fingerprint density at radius 2 is 2.05 bits per heavy atom. The first-order chi connectivity index (χ1) is 9.76. The monoisotopic (exact) mass is 295 g/mol. The largest absolute Gasteiger partial charge is 0.496 e. The van der Waals surface area contributed by atoms with Gasteiger partial charge in [0, 0.05) is 23.0 Å². The lowest BCUT2D eigenvalue weighted by Gasteiger charge is -2.31. The van der Waals surface area contributed by atoms with Crippen molar-refractivity contribution >= 4 is 11.6 Å². The van der Waals surface area contributed by atoms with Gasteiger partial charge >= 0.3 is 0 Å². The summed E-state index contributed by atoms with van der Waals surface area (Å²) in [6, 6.07) is 6.01. The normalized spacial score (nSPS) is 17.9. The number of nitrogens with one attached hydrogen (secondary N) is 1. The zero-order valence-electron chi connectivity index (χ0n) is 12.6. The minimum Gasteiger partial charge on any atom is -0.496 e. The van der Waals surface area contributed by atoms with E-state index in [2.05, 4.69) is 18.3 Å². The Labute approximate surface area is 127 Å². The van der Waals surface area contributed by atoms with Crippen molar-refractivity contribution in [2.75, 3.05) is 20.2 Å². The summed E-state index contributed by atoms with van der Waals surface area (Å²) >= 11 is 6.21. The first-order valence-electron chi connectivity index (χ1n) is 7.80. The predicted octanol–water partition coefficient (Wildman–Crippen LogP) is 4.62. The van der Waals surface area contributed by atoms with Crippen LogP contribution in [0, 0.1) is 5.92 Å². The number of hydrogen-bond acceptors (Lipinski definition) is 2. The molecule has 20 heavy (non-hydrogen) atoms. The van der Waals surface area contributed by atoms with E-state index in [9.17, 15) is 0 Å². The zero-order chi connectivity index (χ0) is 14.4. The van der Waals surface area contributed by atoms with Crippen LogP contribution in [-0.2, 0) is 0 Å².